The van der Waals surface area contributed by atoms with Crippen molar-refractivity contribution >= 4 is 41.3 Å². The molecular formula is C25H28N4O6S. The number of nitrogens with two attached hydrogens (primary N) is 1. The van der Waals surface area contributed by atoms with Crippen LogP contribution in [0.25, 0.3) is 11.1 Å². The number of nitrogens with zero attached hydrogens (tertiary/aromatic N) is 1. The Labute approximate surface area is 212 Å². The SMILES string of the molecule is CN1C(=O)CSc2cc(-c3ccc(CC(NC(=O)C4(NC(=O)O)CCOCC4)C(N)=O)cc3)ccc21. The number of benzene rings is 2. The van der Waals surface area contributed by atoms with E-state index < -0.39 is 29.5 Å². The Kier molecular flexibility index (Phi) is 7.51. The molecule has 4 rings (SSSR count). The van der Waals surface area contributed by atoms with Crippen molar-refractivity contribution in [1.29, 1.82) is 0 Å². The second kappa shape index (κ2) is 10.6. The molecule has 2 aliphatic heterocycles. The van der Waals surface area contributed by atoms with Gasteiger partial charge in [-0.1, -0.05) is 30.3 Å². The largest absolute Gasteiger partial charge is 0.465 e. The fourth-order valence-corrected chi connectivity index (χ4v) is 5.41. The number of hydrogen-bond donors (Lipinski definition) is 4. The lowest BCUT2D eigenvalue weighted by Gasteiger charge is -2.36. The number of nitrogens with one attached hydrogen (secondary N) is 2. The number of carboxylic acid groups (broad SMARTS) is 1. The molecule has 1 saturated heterocycles. The van der Waals surface area contributed by atoms with Crippen LogP contribution in [0.4, 0.5) is 10.5 Å². The summed E-state index contributed by atoms with van der Waals surface area (Å²) in [5.74, 6) is -0.830. The monoisotopic (exact) mass is 512 g/mol. The lowest BCUT2D eigenvalue weighted by atomic mass is 9.88. The molecule has 0 radical (unpaired) electrons. The fraction of sp³-hybridized carbons (Fsp3) is 0.360. The van der Waals surface area contributed by atoms with Gasteiger partial charge in [-0.15, -0.1) is 11.8 Å². The molecule has 10 nitrogen and oxygen atoms in total. The van der Waals surface area contributed by atoms with E-state index in [-0.39, 0.29) is 38.4 Å². The number of carbonyl (C=O) groups is 4. The second-order valence-corrected chi connectivity index (χ2v) is 9.90. The van der Waals surface area contributed by atoms with Crippen molar-refractivity contribution in [3.8, 4) is 11.1 Å². The summed E-state index contributed by atoms with van der Waals surface area (Å²) in [5, 5.41) is 14.2. The van der Waals surface area contributed by atoms with Crippen molar-refractivity contribution in [3.63, 3.8) is 0 Å². The molecule has 4 amide bonds. The number of ether oxygens (including phenoxy) is 1. The van der Waals surface area contributed by atoms with Crippen LogP contribution in [0.2, 0.25) is 0 Å². The number of thioether (sulfide) groups is 1. The third kappa shape index (κ3) is 5.47. The normalized spacial score (nSPS) is 17.6. The third-order valence-corrected chi connectivity index (χ3v) is 7.58. The summed E-state index contributed by atoms with van der Waals surface area (Å²) in [4.78, 5) is 51.1. The molecule has 190 valence electrons. The van der Waals surface area contributed by atoms with Crippen LogP contribution in [-0.4, -0.2) is 66.5 Å². The Morgan fingerprint density at radius 3 is 2.44 bits per heavy atom. The quantitative estimate of drug-likeness (QED) is 0.441. The minimum Gasteiger partial charge on any atom is -0.465 e. The highest BCUT2D eigenvalue weighted by Crippen LogP contribution is 2.37. The van der Waals surface area contributed by atoms with Gasteiger partial charge in [-0.25, -0.2) is 4.79 Å². The Hall–Kier alpha value is -3.57. The van der Waals surface area contributed by atoms with Gasteiger partial charge in [0.2, 0.25) is 17.7 Å². The zero-order valence-corrected chi connectivity index (χ0v) is 20.6. The number of anilines is 1. The predicted molar refractivity (Wildman–Crippen MR) is 135 cm³/mol. The average molecular weight is 513 g/mol. The summed E-state index contributed by atoms with van der Waals surface area (Å²) in [5.41, 5.74) is 7.83. The molecule has 1 atom stereocenters. The fourth-order valence-electron chi connectivity index (χ4n) is 4.38. The van der Waals surface area contributed by atoms with E-state index in [0.29, 0.717) is 5.75 Å². The van der Waals surface area contributed by atoms with Gasteiger partial charge in [0.15, 0.2) is 0 Å². The van der Waals surface area contributed by atoms with Gasteiger partial charge in [-0.2, -0.15) is 0 Å². The van der Waals surface area contributed by atoms with Crippen LogP contribution in [-0.2, 0) is 25.5 Å². The number of fused-ring (bicyclic) bond motifs is 1. The highest BCUT2D eigenvalue weighted by molar-refractivity contribution is 8.00. The molecule has 0 aliphatic carbocycles. The summed E-state index contributed by atoms with van der Waals surface area (Å²) in [6.07, 6.45) is -0.839. The predicted octanol–water partition coefficient (Wildman–Crippen LogP) is 1.75. The minimum absolute atomic E-state index is 0.0715. The number of amides is 4. The van der Waals surface area contributed by atoms with Crippen molar-refractivity contribution in [2.45, 2.75) is 35.7 Å². The first kappa shape index (κ1) is 25.5. The van der Waals surface area contributed by atoms with Gasteiger partial charge < -0.3 is 31.1 Å². The van der Waals surface area contributed by atoms with Crippen LogP contribution in [0.5, 0.6) is 0 Å². The van der Waals surface area contributed by atoms with E-state index in [9.17, 15) is 24.3 Å². The molecule has 5 N–H and O–H groups in total. The topological polar surface area (TPSA) is 151 Å². The van der Waals surface area contributed by atoms with E-state index in [2.05, 4.69) is 10.6 Å². The summed E-state index contributed by atoms with van der Waals surface area (Å²) >= 11 is 1.51. The number of rotatable bonds is 7. The van der Waals surface area contributed by atoms with Gasteiger partial charge in [0, 0.05) is 44.4 Å². The van der Waals surface area contributed by atoms with E-state index in [1.807, 2.05) is 42.5 Å². The molecular weight excluding hydrogens is 484 g/mol. The summed E-state index contributed by atoms with van der Waals surface area (Å²) in [7, 11) is 1.77. The maximum Gasteiger partial charge on any atom is 0.405 e. The molecule has 0 aromatic heterocycles. The van der Waals surface area contributed by atoms with Crippen LogP contribution in [0, 0.1) is 0 Å². The van der Waals surface area contributed by atoms with E-state index in [0.717, 1.165) is 27.3 Å². The van der Waals surface area contributed by atoms with Gasteiger partial charge >= 0.3 is 6.09 Å². The van der Waals surface area contributed by atoms with Crippen molar-refractivity contribution in [1.82, 2.24) is 10.6 Å². The first-order chi connectivity index (χ1) is 17.2. The molecule has 0 spiro atoms. The van der Waals surface area contributed by atoms with Crippen LogP contribution < -0.4 is 21.3 Å². The van der Waals surface area contributed by atoms with E-state index in [4.69, 9.17) is 10.5 Å². The molecule has 0 bridgehead atoms. The first-order valence-corrected chi connectivity index (χ1v) is 12.5. The average Bonchev–Trinajstić information content (AvgIpc) is 2.86. The first-order valence-electron chi connectivity index (χ1n) is 11.5. The minimum atomic E-state index is -1.37. The Balaban J connectivity index is 1.47. The van der Waals surface area contributed by atoms with Gasteiger partial charge in [0.05, 0.1) is 11.4 Å². The maximum atomic E-state index is 13.0. The number of primary amides is 1. The van der Waals surface area contributed by atoms with Gasteiger partial charge in [0.25, 0.3) is 0 Å². The van der Waals surface area contributed by atoms with Crippen LogP contribution in [0.3, 0.4) is 0 Å². The van der Waals surface area contributed by atoms with Gasteiger partial charge in [0.1, 0.15) is 11.6 Å². The summed E-state index contributed by atoms with van der Waals surface area (Å²) < 4.78 is 5.27. The molecule has 1 unspecified atom stereocenters. The Morgan fingerprint density at radius 2 is 1.81 bits per heavy atom. The van der Waals surface area contributed by atoms with Crippen LogP contribution >= 0.6 is 11.8 Å². The highest BCUT2D eigenvalue weighted by atomic mass is 32.2. The van der Waals surface area contributed by atoms with Crippen molar-refractivity contribution < 1.29 is 29.0 Å². The summed E-state index contributed by atoms with van der Waals surface area (Å²) in [6, 6.07) is 12.5. The van der Waals surface area contributed by atoms with Crippen LogP contribution in [0.15, 0.2) is 47.4 Å². The molecule has 2 aliphatic rings. The maximum absolute atomic E-state index is 13.0. The van der Waals surface area contributed by atoms with Crippen molar-refractivity contribution in [3.05, 3.63) is 48.0 Å². The lowest BCUT2D eigenvalue weighted by molar-refractivity contribution is -0.134. The molecule has 1 fully saturated rings. The molecule has 11 heteroatoms. The van der Waals surface area contributed by atoms with E-state index in [1.165, 1.54) is 11.8 Å². The zero-order valence-electron chi connectivity index (χ0n) is 19.8. The molecule has 2 aromatic rings. The van der Waals surface area contributed by atoms with E-state index >= 15 is 0 Å². The van der Waals surface area contributed by atoms with Gasteiger partial charge in [-0.05, 0) is 28.8 Å². The summed E-state index contributed by atoms with van der Waals surface area (Å²) in [6.45, 7) is 0.453. The lowest BCUT2D eigenvalue weighted by Crippen LogP contribution is -2.63. The smallest absolute Gasteiger partial charge is 0.405 e. The molecule has 2 aromatic carbocycles. The Bertz CT molecular complexity index is 1180. The second-order valence-electron chi connectivity index (χ2n) is 8.88. The number of carbonyl (C=O) groups excluding carboxylic acids is 3. The standard InChI is InChI=1S/C25H28N4O6S/c1-29-19-7-6-17(13-20(19)36-14-21(29)30)16-4-2-15(3-5-16)12-18(22(26)31)27-23(32)25(28-24(33)34)8-10-35-11-9-25/h2-7,13,18,28H,8-12,14H2,1H3,(H2,26,31)(H,27,32)(H,33,34). The highest BCUT2D eigenvalue weighted by Gasteiger charge is 2.42. The number of hydrogen-bond acceptors (Lipinski definition) is 6. The van der Waals surface area contributed by atoms with Crippen molar-refractivity contribution in [2.24, 2.45) is 5.73 Å². The molecule has 0 saturated carbocycles. The van der Waals surface area contributed by atoms with Crippen molar-refractivity contribution in [2.75, 3.05) is 30.9 Å². The van der Waals surface area contributed by atoms with Crippen LogP contribution in [0.1, 0.15) is 18.4 Å². The van der Waals surface area contributed by atoms with Gasteiger partial charge in [-0.3, -0.25) is 14.4 Å². The zero-order chi connectivity index (χ0) is 25.9. The Morgan fingerprint density at radius 1 is 1.14 bits per heavy atom. The third-order valence-electron chi connectivity index (χ3n) is 6.55. The molecule has 36 heavy (non-hydrogen) atoms. The molecule has 2 heterocycles. The van der Waals surface area contributed by atoms with E-state index in [1.54, 1.807) is 11.9 Å².